The molecule has 8 heteroatoms. The molecule has 8 nitrogen and oxygen atoms in total. The Hall–Kier alpha value is -2.74. The first-order valence-electron chi connectivity index (χ1n) is 7.12. The molecule has 0 spiro atoms. The fourth-order valence-corrected chi connectivity index (χ4v) is 2.49. The van der Waals surface area contributed by atoms with E-state index in [0.717, 1.165) is 0 Å². The van der Waals surface area contributed by atoms with Crippen molar-refractivity contribution >= 4 is 22.8 Å². The number of amides is 1. The number of aliphatic carboxylic acids is 1. The summed E-state index contributed by atoms with van der Waals surface area (Å²) in [6.45, 7) is 0.263. The van der Waals surface area contributed by atoms with Crippen molar-refractivity contribution in [1.29, 1.82) is 0 Å². The van der Waals surface area contributed by atoms with Crippen molar-refractivity contribution in [1.82, 2.24) is 14.5 Å². The number of fused-ring (bicyclic) bond motifs is 1. The summed E-state index contributed by atoms with van der Waals surface area (Å²) in [5, 5.41) is 9.40. The maximum absolute atomic E-state index is 12.4. The highest BCUT2D eigenvalue weighted by Gasteiger charge is 2.29. The average Bonchev–Trinajstić information content (AvgIpc) is 2.57. The lowest BCUT2D eigenvalue weighted by Gasteiger charge is -2.31. The first-order valence-corrected chi connectivity index (χ1v) is 7.12. The molecule has 1 fully saturated rings. The van der Waals surface area contributed by atoms with E-state index >= 15 is 0 Å². The highest BCUT2D eigenvalue weighted by molar-refractivity contribution is 5.80. The van der Waals surface area contributed by atoms with Crippen LogP contribution in [0.2, 0.25) is 0 Å². The predicted octanol–water partition coefficient (Wildman–Crippen LogP) is -0.292. The Morgan fingerprint density at radius 2 is 2.13 bits per heavy atom. The minimum Gasteiger partial charge on any atom is -0.479 e. The van der Waals surface area contributed by atoms with Gasteiger partial charge in [0, 0.05) is 6.54 Å². The molecule has 1 aliphatic rings. The molecular weight excluding hydrogens is 302 g/mol. The number of rotatable bonds is 3. The minimum absolute atomic E-state index is 0.0239. The number of ether oxygens (including phenoxy) is 1. The standard InChI is InChI=1S/C15H15N3O5/c19-13(17-5-6-23-12(7-17)15(21)22)8-18-9-16-11-4-2-1-3-10(11)14(18)20/h1-4,9,12H,5-8H2,(H,21,22)/t12-/m0/s1. The summed E-state index contributed by atoms with van der Waals surface area (Å²) >= 11 is 0. The van der Waals surface area contributed by atoms with Crippen LogP contribution in [0.5, 0.6) is 0 Å². The van der Waals surface area contributed by atoms with Gasteiger partial charge in [0.05, 0.1) is 30.4 Å². The lowest BCUT2D eigenvalue weighted by Crippen LogP contribution is -2.49. The molecule has 1 aromatic carbocycles. The van der Waals surface area contributed by atoms with Gasteiger partial charge in [-0.1, -0.05) is 12.1 Å². The number of hydrogen-bond donors (Lipinski definition) is 1. The van der Waals surface area contributed by atoms with Crippen molar-refractivity contribution < 1.29 is 19.4 Å². The van der Waals surface area contributed by atoms with Crippen LogP contribution in [0, 0.1) is 0 Å². The van der Waals surface area contributed by atoms with Gasteiger partial charge in [0.25, 0.3) is 5.56 Å². The second-order valence-electron chi connectivity index (χ2n) is 5.23. The smallest absolute Gasteiger partial charge is 0.334 e. The van der Waals surface area contributed by atoms with Crippen LogP contribution < -0.4 is 5.56 Å². The third-order valence-corrected chi connectivity index (χ3v) is 3.73. The summed E-state index contributed by atoms with van der Waals surface area (Å²) < 4.78 is 6.31. The van der Waals surface area contributed by atoms with E-state index in [4.69, 9.17) is 9.84 Å². The van der Waals surface area contributed by atoms with Gasteiger partial charge in [0.15, 0.2) is 6.10 Å². The van der Waals surface area contributed by atoms with E-state index in [9.17, 15) is 14.4 Å². The van der Waals surface area contributed by atoms with Crippen LogP contribution in [0.4, 0.5) is 0 Å². The monoisotopic (exact) mass is 317 g/mol. The van der Waals surface area contributed by atoms with Crippen molar-refractivity contribution in [3.05, 3.63) is 40.9 Å². The normalized spacial score (nSPS) is 18.1. The summed E-state index contributed by atoms with van der Waals surface area (Å²) in [4.78, 5) is 41.2. The zero-order chi connectivity index (χ0) is 16.4. The second kappa shape index (κ2) is 6.17. The number of carboxylic acid groups (broad SMARTS) is 1. The van der Waals surface area contributed by atoms with Crippen LogP contribution in [0.1, 0.15) is 0 Å². The van der Waals surface area contributed by atoms with Crippen LogP contribution in [0.15, 0.2) is 35.4 Å². The van der Waals surface area contributed by atoms with Gasteiger partial charge in [-0.25, -0.2) is 9.78 Å². The first-order chi connectivity index (χ1) is 11.1. The molecule has 0 saturated carbocycles. The van der Waals surface area contributed by atoms with Gasteiger partial charge in [-0.15, -0.1) is 0 Å². The van der Waals surface area contributed by atoms with E-state index in [1.807, 2.05) is 0 Å². The van der Waals surface area contributed by atoms with E-state index in [1.54, 1.807) is 24.3 Å². The third-order valence-electron chi connectivity index (χ3n) is 3.73. The number of carboxylic acids is 1. The highest BCUT2D eigenvalue weighted by Crippen LogP contribution is 2.08. The average molecular weight is 317 g/mol. The Morgan fingerprint density at radius 1 is 1.35 bits per heavy atom. The van der Waals surface area contributed by atoms with Gasteiger partial charge >= 0.3 is 5.97 Å². The Balaban J connectivity index is 1.79. The Bertz CT molecular complexity index is 816. The van der Waals surface area contributed by atoms with E-state index < -0.39 is 12.1 Å². The number of nitrogens with zero attached hydrogens (tertiary/aromatic N) is 3. The summed E-state index contributed by atoms with van der Waals surface area (Å²) in [5.41, 5.74) is 0.269. The molecule has 23 heavy (non-hydrogen) atoms. The molecule has 1 N–H and O–H groups in total. The molecule has 1 aliphatic heterocycles. The van der Waals surface area contributed by atoms with Gasteiger partial charge in [-0.05, 0) is 12.1 Å². The third kappa shape index (κ3) is 3.07. The van der Waals surface area contributed by atoms with Gasteiger partial charge in [0.2, 0.25) is 5.91 Å². The fourth-order valence-electron chi connectivity index (χ4n) is 2.49. The molecule has 2 heterocycles. The molecule has 0 bridgehead atoms. The zero-order valence-corrected chi connectivity index (χ0v) is 12.2. The number of carbonyl (C=O) groups excluding carboxylic acids is 1. The van der Waals surface area contributed by atoms with Crippen LogP contribution in [0.3, 0.4) is 0 Å². The molecule has 0 radical (unpaired) electrons. The minimum atomic E-state index is -1.10. The van der Waals surface area contributed by atoms with E-state index in [1.165, 1.54) is 15.8 Å². The van der Waals surface area contributed by atoms with Crippen LogP contribution in [-0.4, -0.2) is 57.2 Å². The maximum atomic E-state index is 12.4. The zero-order valence-electron chi connectivity index (χ0n) is 12.2. The number of aromatic nitrogens is 2. The molecule has 0 aliphatic carbocycles. The van der Waals surface area contributed by atoms with E-state index in [2.05, 4.69) is 4.98 Å². The second-order valence-corrected chi connectivity index (χ2v) is 5.23. The quantitative estimate of drug-likeness (QED) is 0.834. The van der Waals surface area contributed by atoms with Crippen molar-refractivity contribution in [2.24, 2.45) is 0 Å². The molecule has 1 saturated heterocycles. The highest BCUT2D eigenvalue weighted by atomic mass is 16.5. The van der Waals surface area contributed by atoms with Gasteiger partial charge in [-0.3, -0.25) is 14.2 Å². The number of morpholine rings is 1. The largest absolute Gasteiger partial charge is 0.479 e. The fraction of sp³-hybridized carbons (Fsp3) is 0.333. The first kappa shape index (κ1) is 15.2. The number of hydrogen-bond acceptors (Lipinski definition) is 5. The number of benzene rings is 1. The van der Waals surface area contributed by atoms with Gasteiger partial charge in [-0.2, -0.15) is 0 Å². The Labute approximate surface area is 130 Å². The van der Waals surface area contributed by atoms with Crippen LogP contribution in [0.25, 0.3) is 10.9 Å². The molecule has 1 amide bonds. The van der Waals surface area contributed by atoms with E-state index in [-0.39, 0.29) is 31.2 Å². The Kier molecular flexibility index (Phi) is 4.07. The van der Waals surface area contributed by atoms with E-state index in [0.29, 0.717) is 17.4 Å². The van der Waals surface area contributed by atoms with Crippen molar-refractivity contribution in [2.75, 3.05) is 19.7 Å². The van der Waals surface area contributed by atoms with Crippen molar-refractivity contribution in [3.63, 3.8) is 0 Å². The molecule has 120 valence electrons. The predicted molar refractivity (Wildman–Crippen MR) is 80.0 cm³/mol. The molecule has 3 rings (SSSR count). The lowest BCUT2D eigenvalue weighted by atomic mass is 10.2. The molecule has 2 aromatic rings. The summed E-state index contributed by atoms with van der Waals surface area (Å²) in [7, 11) is 0. The summed E-state index contributed by atoms with van der Waals surface area (Å²) in [5.74, 6) is -1.44. The summed E-state index contributed by atoms with van der Waals surface area (Å²) in [6.07, 6.45) is 0.302. The lowest BCUT2D eigenvalue weighted by molar-refractivity contribution is -0.159. The van der Waals surface area contributed by atoms with Gasteiger partial charge in [0.1, 0.15) is 6.54 Å². The summed E-state index contributed by atoms with van der Waals surface area (Å²) in [6, 6.07) is 6.89. The number of carbonyl (C=O) groups is 2. The van der Waals surface area contributed by atoms with Crippen LogP contribution >= 0.6 is 0 Å². The SMILES string of the molecule is O=C(O)[C@@H]1CN(C(=O)Cn2cnc3ccccc3c2=O)CCO1. The van der Waals surface area contributed by atoms with Gasteiger partial charge < -0.3 is 14.7 Å². The molecule has 1 atom stereocenters. The molecular formula is C15H15N3O5. The molecule has 1 aromatic heterocycles. The van der Waals surface area contributed by atoms with Crippen molar-refractivity contribution in [3.8, 4) is 0 Å². The van der Waals surface area contributed by atoms with Crippen molar-refractivity contribution in [2.45, 2.75) is 12.6 Å². The topological polar surface area (TPSA) is 102 Å². The number of para-hydroxylation sites is 1. The maximum Gasteiger partial charge on any atom is 0.334 e. The van der Waals surface area contributed by atoms with Crippen LogP contribution in [-0.2, 0) is 20.9 Å². The molecule has 0 unspecified atom stereocenters. The Morgan fingerprint density at radius 3 is 2.91 bits per heavy atom.